The molecule has 1 aromatic heterocycles. The van der Waals surface area contributed by atoms with Crippen LogP contribution in [0.25, 0.3) is 0 Å². The van der Waals surface area contributed by atoms with Crippen LogP contribution in [-0.4, -0.2) is 164 Å². The summed E-state index contributed by atoms with van der Waals surface area (Å²) in [5.41, 5.74) is -6.53. The van der Waals surface area contributed by atoms with E-state index < -0.39 is 118 Å². The number of hydrogen-bond acceptors (Lipinski definition) is 16. The van der Waals surface area contributed by atoms with Gasteiger partial charge in [-0.25, -0.2) is 13.4 Å². The lowest BCUT2D eigenvalue weighted by Gasteiger charge is -2.53. The summed E-state index contributed by atoms with van der Waals surface area (Å²) < 4.78 is 69.1. The Morgan fingerprint density at radius 3 is 2.24 bits per heavy atom. The van der Waals surface area contributed by atoms with Crippen LogP contribution in [0.2, 0.25) is 5.02 Å². The Morgan fingerprint density at radius 2 is 1.65 bits per heavy atom. The minimum absolute atomic E-state index is 0.0247. The van der Waals surface area contributed by atoms with Gasteiger partial charge in [-0.15, -0.1) is 0 Å². The van der Waals surface area contributed by atoms with E-state index in [4.69, 9.17) is 40.0 Å². The molecule has 3 fully saturated rings. The maximum Gasteiger partial charge on any atom is 0.311 e. The van der Waals surface area contributed by atoms with E-state index >= 15 is 0 Å². The first kappa shape index (κ1) is 54.6. The van der Waals surface area contributed by atoms with E-state index in [1.165, 1.54) is 45.3 Å². The van der Waals surface area contributed by atoms with Gasteiger partial charge >= 0.3 is 5.97 Å². The Hall–Kier alpha value is -2.34. The number of esters is 1. The summed E-state index contributed by atoms with van der Waals surface area (Å²) >= 11 is 6.06. The van der Waals surface area contributed by atoms with E-state index in [2.05, 4.69) is 10.3 Å². The monoisotopic (exact) mass is 974 g/mol. The number of halogens is 1. The molecule has 0 amide bonds. The molecule has 4 heterocycles. The number of methoxy groups -OCH3 is 1. The Balaban J connectivity index is 1.57. The van der Waals surface area contributed by atoms with Crippen LogP contribution < -0.4 is 5.32 Å². The SMILES string of the molecule is CC[C@H]1OC(=O)[C@H](C)[C@@H](O[C@H]2C[C@@](C)(OC)[C@](O)(Cn3ccnc3)[C@H](C)O2)[C@H](C)[C@@H](O[C@@H]2O[C@H](C)C[C@H](N(C)S(=O)(=O)c3ccc(Cl)cc3)[C@H]2O)[C@](C)(O)C[C@@H](C)CN[C@H](C)[C@@H](O)[C@]1(C)O. The molecule has 3 aliphatic rings. The van der Waals surface area contributed by atoms with E-state index in [-0.39, 0.29) is 49.6 Å². The standard InChI is InChI=1S/C46H75ClN4O14S/c1-13-35-45(10,56)39(53)30(6)49-23-26(2)21-43(8,55)40(65-42-37(52)34(20-27(3)61-42)50(11)66(58,59)33-16-14-32(47)15-17-33)28(4)38(29(5)41(54)63-35)64-36-22-44(9,60-12)46(57,31(7)62-36)24-51-19-18-48-25-51/h14-19,25-31,34-40,42,49,52-53,55-57H,13,20-24H2,1-12H3/t26-,27-,28+,29-,30-,31+,34+,35-,36+,37-,38+,39-,40-,42+,43-,44-,45-,46+/m1/s1. The second-order valence-electron chi connectivity index (χ2n) is 19.8. The van der Waals surface area contributed by atoms with E-state index in [1.807, 2.05) is 6.92 Å². The lowest BCUT2D eigenvalue weighted by Crippen LogP contribution is -2.68. The van der Waals surface area contributed by atoms with E-state index in [9.17, 15) is 38.7 Å². The van der Waals surface area contributed by atoms with Gasteiger partial charge in [0.1, 0.15) is 35.1 Å². The topological polar surface area (TPSA) is 241 Å². The van der Waals surface area contributed by atoms with E-state index in [1.54, 1.807) is 78.7 Å². The number of imidazole rings is 1. The van der Waals surface area contributed by atoms with Gasteiger partial charge < -0.3 is 63.8 Å². The molecule has 18 atom stereocenters. The van der Waals surface area contributed by atoms with E-state index in [0.29, 0.717) is 5.02 Å². The highest BCUT2D eigenvalue weighted by atomic mass is 35.5. The average molecular weight is 976 g/mol. The number of carbonyl (C=O) groups is 1. The van der Waals surface area contributed by atoms with Crippen LogP contribution in [-0.2, 0) is 49.8 Å². The Labute approximate surface area is 395 Å². The quantitative estimate of drug-likeness (QED) is 0.177. The molecule has 20 heteroatoms. The molecule has 376 valence electrons. The minimum Gasteiger partial charge on any atom is -0.459 e. The fourth-order valence-electron chi connectivity index (χ4n) is 10.2. The molecule has 18 nitrogen and oxygen atoms in total. The van der Waals surface area contributed by atoms with Gasteiger partial charge in [0.25, 0.3) is 0 Å². The van der Waals surface area contributed by atoms with Crippen molar-refractivity contribution >= 4 is 27.6 Å². The number of nitrogens with one attached hydrogen (secondary N) is 1. The largest absolute Gasteiger partial charge is 0.459 e. The van der Waals surface area contributed by atoms with Crippen molar-refractivity contribution in [2.75, 3.05) is 20.7 Å². The van der Waals surface area contributed by atoms with Crippen LogP contribution in [0.15, 0.2) is 47.9 Å². The number of aliphatic hydroxyl groups is 5. The Kier molecular flexibility index (Phi) is 17.7. The number of rotatable bonds is 11. The highest BCUT2D eigenvalue weighted by Gasteiger charge is 2.59. The fourth-order valence-corrected chi connectivity index (χ4v) is 11.7. The third-order valence-electron chi connectivity index (χ3n) is 14.5. The zero-order valence-electron chi connectivity index (χ0n) is 40.4. The van der Waals surface area contributed by atoms with E-state index in [0.717, 1.165) is 4.31 Å². The van der Waals surface area contributed by atoms with Gasteiger partial charge in [0.15, 0.2) is 12.6 Å². The maximum atomic E-state index is 14.5. The normalized spacial score (nSPS) is 42.6. The first-order valence-corrected chi connectivity index (χ1v) is 24.8. The van der Waals surface area contributed by atoms with Gasteiger partial charge in [0.05, 0.1) is 59.7 Å². The van der Waals surface area contributed by atoms with Crippen molar-refractivity contribution in [2.24, 2.45) is 17.8 Å². The number of nitrogens with zero attached hydrogens (tertiary/aromatic N) is 3. The molecule has 0 spiro atoms. The molecule has 3 saturated heterocycles. The van der Waals surface area contributed by atoms with Crippen LogP contribution in [0.5, 0.6) is 0 Å². The van der Waals surface area contributed by atoms with Gasteiger partial charge in [-0.05, 0) is 104 Å². The molecular formula is C46H75ClN4O14S. The van der Waals surface area contributed by atoms with Gasteiger partial charge in [-0.1, -0.05) is 32.4 Å². The maximum absolute atomic E-state index is 14.5. The summed E-state index contributed by atoms with van der Waals surface area (Å²) in [6.45, 7) is 17.1. The van der Waals surface area contributed by atoms with Crippen LogP contribution in [0, 0.1) is 17.8 Å². The van der Waals surface area contributed by atoms with Crippen molar-refractivity contribution < 1.29 is 67.2 Å². The number of likely N-dealkylation sites (N-methyl/N-ethyl adjacent to an activating group) is 1. The van der Waals surface area contributed by atoms with Crippen LogP contribution in [0.1, 0.15) is 94.9 Å². The molecule has 6 N–H and O–H groups in total. The average Bonchev–Trinajstić information content (AvgIpc) is 3.77. The number of cyclic esters (lactones) is 1. The summed E-state index contributed by atoms with van der Waals surface area (Å²) in [4.78, 5) is 18.6. The molecule has 3 aliphatic heterocycles. The molecule has 5 rings (SSSR count). The molecule has 0 aliphatic carbocycles. The van der Waals surface area contributed by atoms with Crippen molar-refractivity contribution in [2.45, 2.75) is 196 Å². The van der Waals surface area contributed by atoms with Crippen molar-refractivity contribution in [3.63, 3.8) is 0 Å². The molecule has 0 radical (unpaired) electrons. The lowest BCUT2D eigenvalue weighted by molar-refractivity contribution is -0.339. The molecular weight excluding hydrogens is 900 g/mol. The third kappa shape index (κ3) is 11.5. The first-order chi connectivity index (χ1) is 30.6. The lowest BCUT2D eigenvalue weighted by atomic mass is 9.75. The van der Waals surface area contributed by atoms with Crippen molar-refractivity contribution in [3.8, 4) is 0 Å². The summed E-state index contributed by atoms with van der Waals surface area (Å²) in [7, 11) is -1.30. The van der Waals surface area contributed by atoms with Crippen molar-refractivity contribution in [1.29, 1.82) is 0 Å². The first-order valence-electron chi connectivity index (χ1n) is 23.0. The number of hydrogen-bond donors (Lipinski definition) is 6. The predicted octanol–water partition coefficient (Wildman–Crippen LogP) is 3.24. The predicted molar refractivity (Wildman–Crippen MR) is 243 cm³/mol. The van der Waals surface area contributed by atoms with Crippen molar-refractivity contribution in [1.82, 2.24) is 19.2 Å². The van der Waals surface area contributed by atoms with Crippen LogP contribution >= 0.6 is 11.6 Å². The number of aromatic nitrogens is 2. The molecule has 2 aromatic rings. The molecule has 0 saturated carbocycles. The van der Waals surface area contributed by atoms with Crippen LogP contribution in [0.4, 0.5) is 0 Å². The Morgan fingerprint density at radius 1 is 1.00 bits per heavy atom. The van der Waals surface area contributed by atoms with Gasteiger partial charge in [0, 0.05) is 50.0 Å². The smallest absolute Gasteiger partial charge is 0.311 e. The van der Waals surface area contributed by atoms with Crippen LogP contribution in [0.3, 0.4) is 0 Å². The number of benzene rings is 1. The fraction of sp³-hybridized carbons (Fsp3) is 0.783. The zero-order valence-corrected chi connectivity index (χ0v) is 42.0. The molecule has 66 heavy (non-hydrogen) atoms. The molecule has 0 unspecified atom stereocenters. The summed E-state index contributed by atoms with van der Waals surface area (Å²) in [6.07, 6.45) is -5.57. The van der Waals surface area contributed by atoms with Gasteiger partial charge in [0.2, 0.25) is 10.0 Å². The summed E-state index contributed by atoms with van der Waals surface area (Å²) in [6, 6.07) is 3.97. The third-order valence-corrected chi connectivity index (χ3v) is 16.6. The highest BCUT2D eigenvalue weighted by molar-refractivity contribution is 7.89. The number of sulfonamides is 1. The van der Waals surface area contributed by atoms with Gasteiger partial charge in [-0.2, -0.15) is 4.31 Å². The number of aliphatic hydroxyl groups excluding tert-OH is 2. The number of ether oxygens (including phenoxy) is 6. The number of carbonyl (C=O) groups excluding carboxylic acids is 1. The summed E-state index contributed by atoms with van der Waals surface area (Å²) in [5, 5.41) is 63.9. The minimum atomic E-state index is -4.15. The molecule has 1 aromatic carbocycles. The zero-order chi connectivity index (χ0) is 49.3. The second kappa shape index (κ2) is 21.3. The highest BCUT2D eigenvalue weighted by Crippen LogP contribution is 2.44. The summed E-state index contributed by atoms with van der Waals surface area (Å²) in [5.74, 6) is -3.21. The molecule has 0 bridgehead atoms. The van der Waals surface area contributed by atoms with Gasteiger partial charge in [-0.3, -0.25) is 4.79 Å². The second-order valence-corrected chi connectivity index (χ2v) is 22.2. The Bertz CT molecular complexity index is 2000. The van der Waals surface area contributed by atoms with Crippen molar-refractivity contribution in [3.05, 3.63) is 48.0 Å².